The van der Waals surface area contributed by atoms with Crippen LogP contribution in [0.2, 0.25) is 0 Å². The molecule has 0 spiro atoms. The first-order valence-electron chi connectivity index (χ1n) is 15.3. The number of hydrogen-bond acceptors (Lipinski definition) is 2. The van der Waals surface area contributed by atoms with Crippen LogP contribution >= 0.6 is 0 Å². The maximum Gasteiger partial charge on any atom is 0.309 e. The lowest BCUT2D eigenvalue weighted by atomic mass is 9.94. The van der Waals surface area contributed by atoms with E-state index in [-0.39, 0.29) is 18.0 Å². The highest BCUT2D eigenvalue weighted by atomic mass is 16.5. The third-order valence-corrected chi connectivity index (χ3v) is 7.00. The molecule has 0 saturated carbocycles. The fourth-order valence-electron chi connectivity index (χ4n) is 4.82. The minimum Gasteiger partial charge on any atom is -0.463 e. The first-order chi connectivity index (χ1) is 16.1. The first kappa shape index (κ1) is 32.5. The van der Waals surface area contributed by atoms with E-state index in [2.05, 4.69) is 13.8 Å². The molecule has 198 valence electrons. The summed E-state index contributed by atoms with van der Waals surface area (Å²) in [5, 5.41) is 0. The maximum atomic E-state index is 12.5. The summed E-state index contributed by atoms with van der Waals surface area (Å²) in [6, 6.07) is 0. The molecule has 0 fully saturated rings. The summed E-state index contributed by atoms with van der Waals surface area (Å²) >= 11 is 0. The van der Waals surface area contributed by atoms with E-state index >= 15 is 0 Å². The van der Waals surface area contributed by atoms with Crippen molar-refractivity contribution in [3.8, 4) is 0 Å². The molecule has 0 saturated heterocycles. The molecule has 0 aliphatic carbocycles. The smallest absolute Gasteiger partial charge is 0.309 e. The van der Waals surface area contributed by atoms with Crippen molar-refractivity contribution in [2.24, 2.45) is 5.92 Å². The molecule has 0 bridgehead atoms. The molecule has 0 aliphatic rings. The lowest BCUT2D eigenvalue weighted by Crippen LogP contribution is -2.21. The summed E-state index contributed by atoms with van der Waals surface area (Å²) in [5.74, 6) is 0.187. The number of rotatable bonds is 26. The summed E-state index contributed by atoms with van der Waals surface area (Å²) in [4.78, 5) is 12.5. The van der Waals surface area contributed by atoms with Gasteiger partial charge in [0.05, 0.1) is 12.0 Å². The zero-order valence-corrected chi connectivity index (χ0v) is 23.4. The summed E-state index contributed by atoms with van der Waals surface area (Å²) in [7, 11) is 0. The fraction of sp³-hybridized carbons (Fsp3) is 0.968. The van der Waals surface area contributed by atoms with Crippen molar-refractivity contribution in [2.75, 3.05) is 0 Å². The molecule has 33 heavy (non-hydrogen) atoms. The number of hydrogen-bond donors (Lipinski definition) is 0. The molecule has 2 nitrogen and oxygen atoms in total. The second kappa shape index (κ2) is 26.1. The predicted molar refractivity (Wildman–Crippen MR) is 147 cm³/mol. The van der Waals surface area contributed by atoms with Gasteiger partial charge in [-0.3, -0.25) is 4.79 Å². The number of carbonyl (C=O) groups is 1. The Bertz CT molecular complexity index is 390. The Morgan fingerprint density at radius 1 is 0.485 bits per heavy atom. The molecular formula is C31H62O2. The molecule has 1 unspecified atom stereocenters. The standard InChI is InChI=1S/C31H62O2/c1-5-7-9-11-13-15-16-17-18-19-20-22-24-26-28-30(31(32)33-29(3)4)27-25-23-21-14-12-10-8-6-2/h29-30H,5-28H2,1-4H3. The average Bonchev–Trinajstić information content (AvgIpc) is 2.79. The van der Waals surface area contributed by atoms with Crippen molar-refractivity contribution in [3.63, 3.8) is 0 Å². The number of esters is 1. The molecule has 0 aliphatic heterocycles. The van der Waals surface area contributed by atoms with Crippen LogP contribution in [-0.2, 0) is 9.53 Å². The summed E-state index contributed by atoms with van der Waals surface area (Å²) in [5.41, 5.74) is 0. The normalized spacial score (nSPS) is 12.4. The van der Waals surface area contributed by atoms with Gasteiger partial charge in [0.1, 0.15) is 0 Å². The van der Waals surface area contributed by atoms with E-state index in [0.717, 1.165) is 12.8 Å². The van der Waals surface area contributed by atoms with E-state index in [1.54, 1.807) is 0 Å². The highest BCUT2D eigenvalue weighted by Crippen LogP contribution is 2.22. The SMILES string of the molecule is CCCCCCCCCCCCCCCCC(CCCCCCCCCC)C(=O)OC(C)C. The van der Waals surface area contributed by atoms with Crippen LogP contribution in [0.3, 0.4) is 0 Å². The Hall–Kier alpha value is -0.530. The van der Waals surface area contributed by atoms with Crippen molar-refractivity contribution < 1.29 is 9.53 Å². The van der Waals surface area contributed by atoms with Crippen LogP contribution in [0, 0.1) is 5.92 Å². The van der Waals surface area contributed by atoms with Crippen LogP contribution in [0.4, 0.5) is 0 Å². The van der Waals surface area contributed by atoms with Crippen LogP contribution in [0.5, 0.6) is 0 Å². The first-order valence-corrected chi connectivity index (χ1v) is 15.3. The summed E-state index contributed by atoms with van der Waals surface area (Å²) < 4.78 is 5.57. The molecule has 0 aromatic heterocycles. The van der Waals surface area contributed by atoms with Crippen molar-refractivity contribution >= 4 is 5.97 Å². The maximum absolute atomic E-state index is 12.5. The van der Waals surface area contributed by atoms with Gasteiger partial charge in [0.2, 0.25) is 0 Å². The van der Waals surface area contributed by atoms with E-state index in [9.17, 15) is 4.79 Å². The molecule has 0 amide bonds. The minimum absolute atomic E-state index is 0.00917. The number of carbonyl (C=O) groups excluding carboxylic acids is 1. The zero-order chi connectivity index (χ0) is 24.4. The minimum atomic E-state index is 0.00917. The molecule has 0 rings (SSSR count). The molecular weight excluding hydrogens is 404 g/mol. The number of ether oxygens (including phenoxy) is 1. The van der Waals surface area contributed by atoms with Crippen LogP contribution < -0.4 is 0 Å². The third kappa shape index (κ3) is 24.4. The van der Waals surface area contributed by atoms with E-state index in [4.69, 9.17) is 4.74 Å². The monoisotopic (exact) mass is 466 g/mol. The van der Waals surface area contributed by atoms with Gasteiger partial charge in [-0.25, -0.2) is 0 Å². The summed E-state index contributed by atoms with van der Waals surface area (Å²) in [6.45, 7) is 8.50. The molecule has 0 radical (unpaired) electrons. The lowest BCUT2D eigenvalue weighted by Gasteiger charge is -2.18. The van der Waals surface area contributed by atoms with Crippen LogP contribution in [0.15, 0.2) is 0 Å². The van der Waals surface area contributed by atoms with Gasteiger partial charge in [0.25, 0.3) is 0 Å². The molecule has 2 heteroatoms. The van der Waals surface area contributed by atoms with Gasteiger partial charge in [-0.1, -0.05) is 155 Å². The quantitative estimate of drug-likeness (QED) is 0.0935. The second-order valence-electron chi connectivity index (χ2n) is 10.8. The fourth-order valence-corrected chi connectivity index (χ4v) is 4.82. The van der Waals surface area contributed by atoms with Crippen molar-refractivity contribution in [1.29, 1.82) is 0 Å². The highest BCUT2D eigenvalue weighted by molar-refractivity contribution is 5.72. The van der Waals surface area contributed by atoms with E-state index < -0.39 is 0 Å². The second-order valence-corrected chi connectivity index (χ2v) is 10.8. The Labute approximate surface area is 209 Å². The number of unbranched alkanes of at least 4 members (excludes halogenated alkanes) is 20. The highest BCUT2D eigenvalue weighted by Gasteiger charge is 2.20. The van der Waals surface area contributed by atoms with Crippen molar-refractivity contribution in [2.45, 2.75) is 188 Å². The van der Waals surface area contributed by atoms with Crippen molar-refractivity contribution in [3.05, 3.63) is 0 Å². The molecule has 0 N–H and O–H groups in total. The van der Waals surface area contributed by atoms with Gasteiger partial charge < -0.3 is 4.74 Å². The molecule has 0 aromatic carbocycles. The Morgan fingerprint density at radius 2 is 0.758 bits per heavy atom. The van der Waals surface area contributed by atoms with Gasteiger partial charge in [0, 0.05) is 0 Å². The zero-order valence-electron chi connectivity index (χ0n) is 23.4. The van der Waals surface area contributed by atoms with Gasteiger partial charge in [-0.2, -0.15) is 0 Å². The van der Waals surface area contributed by atoms with Crippen LogP contribution in [0.25, 0.3) is 0 Å². The molecule has 1 atom stereocenters. The molecule has 0 aromatic rings. The largest absolute Gasteiger partial charge is 0.463 e. The third-order valence-electron chi connectivity index (χ3n) is 7.00. The topological polar surface area (TPSA) is 26.3 Å². The van der Waals surface area contributed by atoms with Crippen molar-refractivity contribution in [1.82, 2.24) is 0 Å². The lowest BCUT2D eigenvalue weighted by molar-refractivity contribution is -0.153. The van der Waals surface area contributed by atoms with Gasteiger partial charge in [-0.05, 0) is 26.7 Å². The van der Waals surface area contributed by atoms with Crippen LogP contribution in [0.1, 0.15) is 182 Å². The van der Waals surface area contributed by atoms with E-state index in [1.165, 1.54) is 141 Å². The van der Waals surface area contributed by atoms with E-state index in [0.29, 0.717) is 0 Å². The Morgan fingerprint density at radius 3 is 1.03 bits per heavy atom. The van der Waals surface area contributed by atoms with Gasteiger partial charge in [-0.15, -0.1) is 0 Å². The van der Waals surface area contributed by atoms with Crippen LogP contribution in [-0.4, -0.2) is 12.1 Å². The van der Waals surface area contributed by atoms with E-state index in [1.807, 2.05) is 13.8 Å². The van der Waals surface area contributed by atoms with Gasteiger partial charge in [0.15, 0.2) is 0 Å². The predicted octanol–water partition coefficient (Wildman–Crippen LogP) is 11.0. The average molecular weight is 467 g/mol. The van der Waals surface area contributed by atoms with Gasteiger partial charge >= 0.3 is 5.97 Å². The summed E-state index contributed by atoms with van der Waals surface area (Å²) in [6.07, 6.45) is 32.0. The molecule has 0 heterocycles. The Kier molecular flexibility index (Phi) is 25.7. The Balaban J connectivity index is 3.74.